The number of hydrogen-bond acceptors (Lipinski definition) is 7. The summed E-state index contributed by atoms with van der Waals surface area (Å²) in [5.74, 6) is -0.905. The van der Waals surface area contributed by atoms with Gasteiger partial charge in [-0.25, -0.2) is 0 Å². The topological polar surface area (TPSA) is 151 Å². The van der Waals surface area contributed by atoms with Crippen LogP contribution in [-0.2, 0) is 9.59 Å². The third-order valence-corrected chi connectivity index (χ3v) is 3.39. The Hall–Kier alpha value is -2.62. The minimum absolute atomic E-state index is 0.0231. The third kappa shape index (κ3) is 14.1. The zero-order chi connectivity index (χ0) is 22.2. The second kappa shape index (κ2) is 15.3. The molecule has 9 nitrogen and oxygen atoms in total. The first kappa shape index (κ1) is 26.4. The van der Waals surface area contributed by atoms with Crippen molar-refractivity contribution in [2.24, 2.45) is 5.73 Å². The van der Waals surface area contributed by atoms with Crippen molar-refractivity contribution in [1.29, 1.82) is 0 Å². The number of rotatable bonds is 13. The van der Waals surface area contributed by atoms with E-state index in [2.05, 4.69) is 11.9 Å². The summed E-state index contributed by atoms with van der Waals surface area (Å²) in [6.07, 6.45) is 0.908. The largest absolute Gasteiger partial charge is 0.487 e. The molecule has 0 radical (unpaired) electrons. The van der Waals surface area contributed by atoms with Crippen molar-refractivity contribution in [2.75, 3.05) is 19.8 Å². The van der Waals surface area contributed by atoms with Crippen LogP contribution in [0.1, 0.15) is 26.7 Å². The minimum atomic E-state index is -1.17. The molecule has 6 N–H and O–H groups in total. The van der Waals surface area contributed by atoms with Crippen molar-refractivity contribution < 1.29 is 34.4 Å². The lowest BCUT2D eigenvalue weighted by Crippen LogP contribution is -2.35. The van der Waals surface area contributed by atoms with Gasteiger partial charge in [0.05, 0.1) is 0 Å². The molecule has 1 aromatic carbocycles. The molecule has 0 aliphatic carbocycles. The zero-order valence-corrected chi connectivity index (χ0v) is 16.9. The molecule has 1 unspecified atom stereocenters. The molecule has 0 aromatic heterocycles. The van der Waals surface area contributed by atoms with Crippen LogP contribution in [-0.4, -0.2) is 65.2 Å². The van der Waals surface area contributed by atoms with Gasteiger partial charge in [0.2, 0.25) is 0 Å². The zero-order valence-electron chi connectivity index (χ0n) is 16.9. The van der Waals surface area contributed by atoms with Crippen molar-refractivity contribution in [3.63, 3.8) is 0 Å². The Labute approximate surface area is 171 Å². The highest BCUT2D eigenvalue weighted by Gasteiger charge is 2.12. The normalized spacial score (nSPS) is 12.3. The van der Waals surface area contributed by atoms with Crippen LogP contribution in [0, 0.1) is 0 Å². The lowest BCUT2D eigenvalue weighted by molar-refractivity contribution is -0.139. The summed E-state index contributed by atoms with van der Waals surface area (Å²) in [4.78, 5) is 19.9. The highest BCUT2D eigenvalue weighted by molar-refractivity contribution is 5.74. The fourth-order valence-corrected chi connectivity index (χ4v) is 1.86. The van der Waals surface area contributed by atoms with Crippen LogP contribution in [0.3, 0.4) is 0 Å². The predicted molar refractivity (Wildman–Crippen MR) is 109 cm³/mol. The number of hydrogen-bond donors (Lipinski definition) is 5. The molecule has 0 aliphatic heterocycles. The van der Waals surface area contributed by atoms with Crippen molar-refractivity contribution >= 4 is 11.9 Å². The molecule has 0 saturated heterocycles. The summed E-state index contributed by atoms with van der Waals surface area (Å²) < 4.78 is 11.1. The maximum atomic E-state index is 9.99. The van der Waals surface area contributed by atoms with E-state index in [-0.39, 0.29) is 19.4 Å². The van der Waals surface area contributed by atoms with Gasteiger partial charge in [-0.15, -0.1) is 0 Å². The van der Waals surface area contributed by atoms with Crippen molar-refractivity contribution in [3.05, 3.63) is 36.9 Å². The van der Waals surface area contributed by atoms with E-state index >= 15 is 0 Å². The number of carboxylic acids is 2. The average molecular weight is 412 g/mol. The smallest absolute Gasteiger partial charge is 0.320 e. The third-order valence-electron chi connectivity index (χ3n) is 3.39. The van der Waals surface area contributed by atoms with E-state index in [0.717, 1.165) is 0 Å². The van der Waals surface area contributed by atoms with E-state index in [4.69, 9.17) is 25.4 Å². The summed E-state index contributed by atoms with van der Waals surface area (Å²) in [6, 6.07) is 6.68. The number of ether oxygens (including phenoxy) is 2. The Bertz CT molecular complexity index is 623. The van der Waals surface area contributed by atoms with Crippen LogP contribution < -0.4 is 20.5 Å². The van der Waals surface area contributed by atoms with Gasteiger partial charge in [-0.05, 0) is 18.6 Å². The van der Waals surface area contributed by atoms with Gasteiger partial charge >= 0.3 is 11.9 Å². The van der Waals surface area contributed by atoms with Gasteiger partial charge in [-0.2, -0.15) is 0 Å². The molecular weight excluding hydrogens is 380 g/mol. The van der Waals surface area contributed by atoms with E-state index in [1.165, 1.54) is 0 Å². The molecule has 0 fully saturated rings. The minimum Gasteiger partial charge on any atom is -0.487 e. The molecule has 0 spiro atoms. The molecule has 29 heavy (non-hydrogen) atoms. The number of aliphatic carboxylic acids is 2. The highest BCUT2D eigenvalue weighted by Crippen LogP contribution is 2.26. The van der Waals surface area contributed by atoms with Crippen LogP contribution in [0.5, 0.6) is 11.5 Å². The Kier molecular flexibility index (Phi) is 13.9. The van der Waals surface area contributed by atoms with Gasteiger partial charge in [0.15, 0.2) is 11.5 Å². The van der Waals surface area contributed by atoms with Gasteiger partial charge in [0.1, 0.15) is 25.4 Å². The number of aliphatic hydroxyl groups excluding tert-OH is 1. The molecule has 0 heterocycles. The number of nitrogens with one attached hydrogen (secondary N) is 1. The number of carboxylic acid groups (broad SMARTS) is 2. The van der Waals surface area contributed by atoms with Crippen molar-refractivity contribution in [3.8, 4) is 11.5 Å². The first-order valence-electron chi connectivity index (χ1n) is 9.24. The molecule has 9 heteroatoms. The second-order valence-corrected chi connectivity index (χ2v) is 6.45. The van der Waals surface area contributed by atoms with Crippen molar-refractivity contribution in [1.82, 2.24) is 5.32 Å². The van der Waals surface area contributed by atoms with Gasteiger partial charge < -0.3 is 35.8 Å². The van der Waals surface area contributed by atoms with Gasteiger partial charge in [0, 0.05) is 19.0 Å². The fourth-order valence-electron chi connectivity index (χ4n) is 1.86. The SMILES string of the molecule is C=CCOc1ccccc1OCC(O)CNC(C)C.N[C@@H](CCC(=O)O)C(=O)O. The predicted octanol–water partition coefficient (Wildman–Crippen LogP) is 1.25. The Morgan fingerprint density at radius 3 is 2.28 bits per heavy atom. The summed E-state index contributed by atoms with van der Waals surface area (Å²) >= 11 is 0. The van der Waals surface area contributed by atoms with Gasteiger partial charge in [0.25, 0.3) is 0 Å². The molecule has 1 aromatic rings. The fraction of sp³-hybridized carbons (Fsp3) is 0.500. The van der Waals surface area contributed by atoms with Crippen LogP contribution in [0.15, 0.2) is 36.9 Å². The van der Waals surface area contributed by atoms with E-state index in [1.54, 1.807) is 6.08 Å². The molecule has 0 aliphatic rings. The first-order chi connectivity index (χ1) is 13.7. The van der Waals surface area contributed by atoms with Gasteiger partial charge in [-0.1, -0.05) is 38.6 Å². The number of aliphatic hydroxyl groups is 1. The monoisotopic (exact) mass is 412 g/mol. The maximum absolute atomic E-state index is 9.99. The summed E-state index contributed by atoms with van der Waals surface area (Å²) in [5, 5.41) is 29.2. The maximum Gasteiger partial charge on any atom is 0.320 e. The van der Waals surface area contributed by atoms with E-state index in [1.807, 2.05) is 38.1 Å². The standard InChI is InChI=1S/C15H23NO3.C5H9NO4/c1-4-9-18-14-7-5-6-8-15(14)19-11-13(17)10-16-12(2)3;6-3(5(9)10)1-2-4(7)8/h4-8,12-13,16-17H,1,9-11H2,2-3H3;3H,1-2,6H2,(H,7,8)(H,9,10)/t;3-/m.0/s1. The van der Waals surface area contributed by atoms with Crippen LogP contribution >= 0.6 is 0 Å². The first-order valence-corrected chi connectivity index (χ1v) is 9.24. The lowest BCUT2D eigenvalue weighted by Gasteiger charge is -2.16. The summed E-state index contributed by atoms with van der Waals surface area (Å²) in [7, 11) is 0. The van der Waals surface area contributed by atoms with Crippen LogP contribution in [0.25, 0.3) is 0 Å². The number of benzene rings is 1. The number of carbonyl (C=O) groups is 2. The molecule has 2 atom stereocenters. The molecule has 1 rings (SSSR count). The Balaban J connectivity index is 0.000000665. The molecular formula is C20H32N2O7. The summed E-state index contributed by atoms with van der Waals surface area (Å²) in [5.41, 5.74) is 5.00. The lowest BCUT2D eigenvalue weighted by atomic mass is 10.2. The van der Waals surface area contributed by atoms with E-state index in [0.29, 0.717) is 30.7 Å². The Morgan fingerprint density at radius 2 is 1.79 bits per heavy atom. The van der Waals surface area contributed by atoms with E-state index in [9.17, 15) is 14.7 Å². The van der Waals surface area contributed by atoms with Crippen LogP contribution in [0.4, 0.5) is 0 Å². The number of nitrogens with two attached hydrogens (primary N) is 1. The molecule has 164 valence electrons. The quantitative estimate of drug-likeness (QED) is 0.301. The molecule has 0 saturated carbocycles. The molecule has 0 bridgehead atoms. The molecule has 0 amide bonds. The number of para-hydroxylation sites is 2. The average Bonchev–Trinajstić information content (AvgIpc) is 2.68. The van der Waals surface area contributed by atoms with Crippen LogP contribution in [0.2, 0.25) is 0 Å². The van der Waals surface area contributed by atoms with E-state index < -0.39 is 24.1 Å². The van der Waals surface area contributed by atoms with Crippen molar-refractivity contribution in [2.45, 2.75) is 44.9 Å². The highest BCUT2D eigenvalue weighted by atomic mass is 16.5. The Morgan fingerprint density at radius 1 is 1.21 bits per heavy atom. The summed E-state index contributed by atoms with van der Waals surface area (Å²) in [6.45, 7) is 8.84. The van der Waals surface area contributed by atoms with Gasteiger partial charge in [-0.3, -0.25) is 9.59 Å². The second-order valence-electron chi connectivity index (χ2n) is 6.45.